The molecule has 0 bridgehead atoms. The number of rotatable bonds is 5. The Hall–Kier alpha value is -0.340. The molecule has 20 heavy (non-hydrogen) atoms. The van der Waals surface area contributed by atoms with Gasteiger partial charge in [0.25, 0.3) is 0 Å². The topological polar surface area (TPSA) is 12.5 Å². The van der Waals surface area contributed by atoms with Gasteiger partial charge in [-0.05, 0) is 12.0 Å². The van der Waals surface area contributed by atoms with Crippen molar-refractivity contribution in [2.24, 2.45) is 5.92 Å². The zero-order chi connectivity index (χ0) is 14.5. The van der Waals surface area contributed by atoms with E-state index in [1.54, 1.807) is 13.2 Å². The molecule has 0 saturated carbocycles. The summed E-state index contributed by atoms with van der Waals surface area (Å²) in [5.74, 6) is -0.666. The lowest BCUT2D eigenvalue weighted by atomic mass is 9.96. The van der Waals surface area contributed by atoms with Gasteiger partial charge in [-0.25, -0.2) is 8.78 Å². The Labute approximate surface area is 134 Å². The minimum Gasteiger partial charge on any atom is -0.380 e. The molecule has 1 heterocycles. The Morgan fingerprint density at radius 1 is 1.45 bits per heavy atom. The van der Waals surface area contributed by atoms with Crippen molar-refractivity contribution >= 4 is 36.0 Å². The van der Waals surface area contributed by atoms with E-state index in [2.05, 4.69) is 25.5 Å². The molecule has 0 spiro atoms. The molecule has 0 aromatic heterocycles. The summed E-state index contributed by atoms with van der Waals surface area (Å²) in [6.07, 6.45) is -0.112. The number of ether oxygens (including phenoxy) is 1. The highest BCUT2D eigenvalue weighted by molar-refractivity contribution is 14.2. The molecular weight excluding hydrogens is 395 g/mol. The van der Waals surface area contributed by atoms with Crippen LogP contribution in [0.15, 0.2) is 30.3 Å². The second kappa shape index (κ2) is 7.61. The predicted molar refractivity (Wildman–Crippen MR) is 87.6 cm³/mol. The van der Waals surface area contributed by atoms with Gasteiger partial charge in [-0.15, -0.1) is 0 Å². The molecule has 0 fully saturated rings. The van der Waals surface area contributed by atoms with Crippen LogP contribution < -0.4 is 0 Å². The SMILES string of the molecule is COCc1ccccc1C1=CC(C(F)F)CCN1SI. The van der Waals surface area contributed by atoms with Crippen molar-refractivity contribution in [2.45, 2.75) is 19.5 Å². The zero-order valence-electron chi connectivity index (χ0n) is 11.1. The number of nitrogens with zero attached hydrogens (tertiary/aromatic N) is 1. The number of alkyl halides is 2. The molecule has 1 aromatic carbocycles. The summed E-state index contributed by atoms with van der Waals surface area (Å²) in [7, 11) is 3.18. The van der Waals surface area contributed by atoms with Crippen LogP contribution in [-0.2, 0) is 11.3 Å². The summed E-state index contributed by atoms with van der Waals surface area (Å²) in [5, 5.41) is 0. The second-order valence-electron chi connectivity index (χ2n) is 4.60. The molecule has 1 aliphatic rings. The summed E-state index contributed by atoms with van der Waals surface area (Å²) in [6.45, 7) is 1.11. The molecule has 0 aliphatic carbocycles. The molecule has 2 rings (SSSR count). The second-order valence-corrected chi connectivity index (χ2v) is 6.36. The van der Waals surface area contributed by atoms with Gasteiger partial charge < -0.3 is 9.04 Å². The maximum atomic E-state index is 13.0. The van der Waals surface area contributed by atoms with E-state index in [1.807, 2.05) is 24.3 Å². The summed E-state index contributed by atoms with van der Waals surface area (Å²) < 4.78 is 33.2. The third kappa shape index (κ3) is 3.65. The number of halogens is 3. The van der Waals surface area contributed by atoms with Crippen LogP contribution in [0.4, 0.5) is 8.78 Å². The molecule has 0 N–H and O–H groups in total. The molecule has 1 atom stereocenters. The lowest BCUT2D eigenvalue weighted by molar-refractivity contribution is 0.0919. The molecule has 110 valence electrons. The van der Waals surface area contributed by atoms with Crippen molar-refractivity contribution in [3.8, 4) is 0 Å². The van der Waals surface area contributed by atoms with Crippen LogP contribution in [0.5, 0.6) is 0 Å². The van der Waals surface area contributed by atoms with E-state index in [1.165, 1.54) is 9.12 Å². The monoisotopic (exact) mass is 411 g/mol. The molecule has 0 amide bonds. The van der Waals surface area contributed by atoms with Crippen molar-refractivity contribution < 1.29 is 13.5 Å². The molecule has 0 radical (unpaired) electrons. The van der Waals surface area contributed by atoms with E-state index in [-0.39, 0.29) is 0 Å². The van der Waals surface area contributed by atoms with Crippen LogP contribution in [-0.4, -0.2) is 24.4 Å². The van der Waals surface area contributed by atoms with Crippen molar-refractivity contribution in [1.29, 1.82) is 0 Å². The molecule has 6 heteroatoms. The molecule has 1 unspecified atom stereocenters. The van der Waals surface area contributed by atoms with Gasteiger partial charge in [0.15, 0.2) is 0 Å². The average Bonchev–Trinajstić information content (AvgIpc) is 2.47. The van der Waals surface area contributed by atoms with Gasteiger partial charge in [-0.3, -0.25) is 0 Å². The van der Waals surface area contributed by atoms with Gasteiger partial charge in [0.1, 0.15) is 0 Å². The number of allylic oxidation sites excluding steroid dienone is 1. The fourth-order valence-corrected chi connectivity index (χ4v) is 3.94. The van der Waals surface area contributed by atoms with Crippen molar-refractivity contribution in [3.63, 3.8) is 0 Å². The van der Waals surface area contributed by atoms with Gasteiger partial charge in [-0.2, -0.15) is 0 Å². The molecule has 1 aliphatic heterocycles. The van der Waals surface area contributed by atoms with E-state index >= 15 is 0 Å². The Balaban J connectivity index is 2.40. The number of benzene rings is 1. The standard InChI is InChI=1S/C14H16F2INOS/c1-19-9-11-4-2-3-5-12(11)13-8-10(14(15)16)6-7-18(13)20-17/h2-5,8,10,14H,6-7,9H2,1H3. The highest BCUT2D eigenvalue weighted by Crippen LogP contribution is 2.38. The van der Waals surface area contributed by atoms with Crippen molar-refractivity contribution in [3.05, 3.63) is 41.5 Å². The van der Waals surface area contributed by atoms with Gasteiger partial charge in [0.2, 0.25) is 6.43 Å². The third-order valence-corrected chi connectivity index (χ3v) is 5.28. The molecule has 2 nitrogen and oxygen atoms in total. The van der Waals surface area contributed by atoms with Crippen LogP contribution >= 0.6 is 30.3 Å². The smallest absolute Gasteiger partial charge is 0.244 e. The normalized spacial score (nSPS) is 19.4. The summed E-state index contributed by atoms with van der Waals surface area (Å²) in [5.41, 5.74) is 2.86. The first kappa shape index (κ1) is 16.0. The fraction of sp³-hybridized carbons (Fsp3) is 0.429. The number of hydrogen-bond acceptors (Lipinski definition) is 3. The largest absolute Gasteiger partial charge is 0.380 e. The Morgan fingerprint density at radius 3 is 2.85 bits per heavy atom. The first-order valence-corrected chi connectivity index (χ1v) is 9.62. The summed E-state index contributed by atoms with van der Waals surface area (Å²) in [4.78, 5) is 0. The highest BCUT2D eigenvalue weighted by Gasteiger charge is 2.27. The zero-order valence-corrected chi connectivity index (χ0v) is 14.0. The maximum Gasteiger partial charge on any atom is 0.244 e. The predicted octanol–water partition coefficient (Wildman–Crippen LogP) is 4.76. The first-order chi connectivity index (χ1) is 9.67. The van der Waals surface area contributed by atoms with Crippen LogP contribution in [0, 0.1) is 5.92 Å². The van der Waals surface area contributed by atoms with Crippen LogP contribution in [0.2, 0.25) is 0 Å². The van der Waals surface area contributed by atoms with Crippen molar-refractivity contribution in [2.75, 3.05) is 13.7 Å². The summed E-state index contributed by atoms with van der Waals surface area (Å²) in [6, 6.07) is 7.81. The van der Waals surface area contributed by atoms with Crippen LogP contribution in [0.3, 0.4) is 0 Å². The van der Waals surface area contributed by atoms with E-state index in [0.717, 1.165) is 16.8 Å². The van der Waals surface area contributed by atoms with Gasteiger partial charge in [0, 0.05) is 55.5 Å². The number of methoxy groups -OCH3 is 1. The quantitative estimate of drug-likeness (QED) is 0.512. The summed E-state index contributed by atoms with van der Waals surface area (Å²) >= 11 is 2.19. The lowest BCUT2D eigenvalue weighted by Crippen LogP contribution is -2.26. The molecular formula is C14H16F2INOS. The Kier molecular flexibility index (Phi) is 6.10. The molecule has 1 aromatic rings. The number of hydrogen-bond donors (Lipinski definition) is 0. The van der Waals surface area contributed by atoms with Crippen molar-refractivity contribution in [1.82, 2.24) is 4.31 Å². The van der Waals surface area contributed by atoms with E-state index < -0.39 is 12.3 Å². The van der Waals surface area contributed by atoms with Gasteiger partial charge in [0.05, 0.1) is 12.3 Å². The third-order valence-electron chi connectivity index (χ3n) is 3.31. The van der Waals surface area contributed by atoms with Crippen LogP contribution in [0.25, 0.3) is 5.70 Å². The maximum absolute atomic E-state index is 13.0. The van der Waals surface area contributed by atoms with Gasteiger partial charge >= 0.3 is 0 Å². The molecule has 0 saturated heterocycles. The first-order valence-electron chi connectivity index (χ1n) is 6.30. The minimum atomic E-state index is -2.30. The fourth-order valence-electron chi connectivity index (χ4n) is 2.30. The highest BCUT2D eigenvalue weighted by atomic mass is 127. The Morgan fingerprint density at radius 2 is 2.20 bits per heavy atom. The average molecular weight is 411 g/mol. The van der Waals surface area contributed by atoms with Crippen LogP contribution in [0.1, 0.15) is 17.5 Å². The van der Waals surface area contributed by atoms with Gasteiger partial charge in [-0.1, -0.05) is 30.3 Å². The lowest BCUT2D eigenvalue weighted by Gasteiger charge is -2.32. The van der Waals surface area contributed by atoms with E-state index in [4.69, 9.17) is 4.74 Å². The van der Waals surface area contributed by atoms with E-state index in [0.29, 0.717) is 19.6 Å². The van der Waals surface area contributed by atoms with E-state index in [9.17, 15) is 8.78 Å². The minimum absolute atomic E-state index is 0.479. The Bertz CT molecular complexity index is 484.